The normalized spacial score (nSPS) is 13.4. The summed E-state index contributed by atoms with van der Waals surface area (Å²) in [4.78, 5) is 11.9. The van der Waals surface area contributed by atoms with Gasteiger partial charge in [-0.05, 0) is 47.7 Å². The third kappa shape index (κ3) is 1.89. The SMILES string of the molecule is O=C(Nc1nn[nH]n1)c1ccc2c(c1)CCC2. The lowest BCUT2D eigenvalue weighted by Gasteiger charge is -2.03. The molecule has 1 aliphatic carbocycles. The van der Waals surface area contributed by atoms with E-state index in [1.54, 1.807) is 0 Å². The molecule has 0 bridgehead atoms. The molecule has 1 aromatic heterocycles. The number of hydrogen-bond acceptors (Lipinski definition) is 4. The highest BCUT2D eigenvalue weighted by Crippen LogP contribution is 2.22. The van der Waals surface area contributed by atoms with E-state index in [-0.39, 0.29) is 11.9 Å². The fraction of sp³-hybridized carbons (Fsp3) is 0.273. The summed E-state index contributed by atoms with van der Waals surface area (Å²) < 4.78 is 0. The number of amides is 1. The predicted molar refractivity (Wildman–Crippen MR) is 60.6 cm³/mol. The highest BCUT2D eigenvalue weighted by atomic mass is 16.1. The molecule has 0 fully saturated rings. The first kappa shape index (κ1) is 9.95. The number of carbonyl (C=O) groups excluding carboxylic acids is 1. The van der Waals surface area contributed by atoms with Crippen molar-refractivity contribution in [2.45, 2.75) is 19.3 Å². The summed E-state index contributed by atoms with van der Waals surface area (Å²) in [5, 5.41) is 15.6. The van der Waals surface area contributed by atoms with E-state index < -0.39 is 0 Å². The Balaban J connectivity index is 1.82. The molecule has 0 saturated carbocycles. The number of tetrazole rings is 1. The molecule has 3 rings (SSSR count). The van der Waals surface area contributed by atoms with Crippen LogP contribution in [0.4, 0.5) is 5.95 Å². The number of nitrogens with zero attached hydrogens (tertiary/aromatic N) is 3. The molecule has 0 aliphatic heterocycles. The van der Waals surface area contributed by atoms with Gasteiger partial charge in [0.05, 0.1) is 0 Å². The van der Waals surface area contributed by atoms with Gasteiger partial charge in [-0.2, -0.15) is 5.21 Å². The molecule has 1 amide bonds. The second-order valence-corrected chi connectivity index (χ2v) is 4.03. The second-order valence-electron chi connectivity index (χ2n) is 4.03. The van der Waals surface area contributed by atoms with Crippen molar-refractivity contribution >= 4 is 11.9 Å². The van der Waals surface area contributed by atoms with Crippen LogP contribution in [0.25, 0.3) is 0 Å². The van der Waals surface area contributed by atoms with Gasteiger partial charge in [-0.3, -0.25) is 10.1 Å². The maximum atomic E-state index is 11.9. The van der Waals surface area contributed by atoms with Crippen molar-refractivity contribution in [2.75, 3.05) is 5.32 Å². The van der Waals surface area contributed by atoms with Gasteiger partial charge in [0, 0.05) is 5.56 Å². The smallest absolute Gasteiger partial charge is 0.270 e. The molecule has 0 unspecified atom stereocenters. The molecule has 1 heterocycles. The largest absolute Gasteiger partial charge is 0.288 e. The van der Waals surface area contributed by atoms with E-state index in [2.05, 4.69) is 25.9 Å². The summed E-state index contributed by atoms with van der Waals surface area (Å²) in [6.45, 7) is 0. The van der Waals surface area contributed by atoms with Gasteiger partial charge in [-0.1, -0.05) is 11.2 Å². The highest BCUT2D eigenvalue weighted by molar-refractivity contribution is 6.03. The Morgan fingerprint density at radius 3 is 3.00 bits per heavy atom. The Morgan fingerprint density at radius 1 is 1.29 bits per heavy atom. The quantitative estimate of drug-likeness (QED) is 0.802. The van der Waals surface area contributed by atoms with Gasteiger partial charge in [0.25, 0.3) is 11.9 Å². The Hall–Kier alpha value is -2.24. The summed E-state index contributed by atoms with van der Waals surface area (Å²) in [5.74, 6) is -0.0170. The van der Waals surface area contributed by atoms with Gasteiger partial charge >= 0.3 is 0 Å². The minimum absolute atomic E-state index is 0.190. The molecular weight excluding hydrogens is 218 g/mol. The molecule has 86 valence electrons. The Morgan fingerprint density at radius 2 is 2.18 bits per heavy atom. The molecule has 0 radical (unpaired) electrons. The summed E-state index contributed by atoms with van der Waals surface area (Å²) in [5.41, 5.74) is 3.25. The molecule has 0 saturated heterocycles. The Labute approximate surface area is 97.4 Å². The van der Waals surface area contributed by atoms with Crippen molar-refractivity contribution in [1.29, 1.82) is 0 Å². The number of aromatic nitrogens is 4. The fourth-order valence-electron chi connectivity index (χ4n) is 2.10. The molecule has 0 spiro atoms. The number of hydrogen-bond donors (Lipinski definition) is 2. The van der Waals surface area contributed by atoms with E-state index in [1.165, 1.54) is 17.5 Å². The van der Waals surface area contributed by atoms with Gasteiger partial charge in [0.2, 0.25) is 0 Å². The van der Waals surface area contributed by atoms with Crippen molar-refractivity contribution in [3.05, 3.63) is 34.9 Å². The second kappa shape index (κ2) is 3.97. The molecule has 6 heteroatoms. The number of benzene rings is 1. The molecule has 2 aromatic rings. The maximum Gasteiger partial charge on any atom is 0.270 e. The monoisotopic (exact) mass is 229 g/mol. The van der Waals surface area contributed by atoms with Gasteiger partial charge in [-0.15, -0.1) is 5.10 Å². The highest BCUT2D eigenvalue weighted by Gasteiger charge is 2.14. The lowest BCUT2D eigenvalue weighted by molar-refractivity contribution is 0.102. The van der Waals surface area contributed by atoms with E-state index in [4.69, 9.17) is 0 Å². The molecule has 2 N–H and O–H groups in total. The van der Waals surface area contributed by atoms with E-state index >= 15 is 0 Å². The zero-order valence-electron chi connectivity index (χ0n) is 9.10. The van der Waals surface area contributed by atoms with E-state index in [1.807, 2.05) is 18.2 Å². The minimum Gasteiger partial charge on any atom is -0.288 e. The van der Waals surface area contributed by atoms with Gasteiger partial charge < -0.3 is 0 Å². The van der Waals surface area contributed by atoms with Gasteiger partial charge in [0.1, 0.15) is 0 Å². The predicted octanol–water partition coefficient (Wildman–Crippen LogP) is 0.941. The van der Waals surface area contributed by atoms with Gasteiger partial charge in [-0.25, -0.2) is 0 Å². The summed E-state index contributed by atoms with van der Waals surface area (Å²) in [7, 11) is 0. The van der Waals surface area contributed by atoms with Crippen LogP contribution in [0.1, 0.15) is 27.9 Å². The van der Waals surface area contributed by atoms with E-state index in [0.717, 1.165) is 12.8 Å². The topological polar surface area (TPSA) is 83.6 Å². The van der Waals surface area contributed by atoms with Crippen LogP contribution in [-0.2, 0) is 12.8 Å². The maximum absolute atomic E-state index is 11.9. The lowest BCUT2D eigenvalue weighted by Crippen LogP contribution is -2.13. The van der Waals surface area contributed by atoms with E-state index in [0.29, 0.717) is 5.56 Å². The van der Waals surface area contributed by atoms with Crippen molar-refractivity contribution in [1.82, 2.24) is 20.6 Å². The average Bonchev–Trinajstić information content (AvgIpc) is 2.97. The first-order valence-corrected chi connectivity index (χ1v) is 5.49. The van der Waals surface area contributed by atoms with Crippen molar-refractivity contribution in [2.24, 2.45) is 0 Å². The van der Waals surface area contributed by atoms with Crippen molar-refractivity contribution in [3.8, 4) is 0 Å². The summed E-state index contributed by atoms with van der Waals surface area (Å²) in [6.07, 6.45) is 3.34. The summed E-state index contributed by atoms with van der Waals surface area (Å²) in [6, 6.07) is 5.80. The number of aryl methyl sites for hydroxylation is 2. The third-order valence-electron chi connectivity index (χ3n) is 2.93. The first-order valence-electron chi connectivity index (χ1n) is 5.49. The minimum atomic E-state index is -0.207. The van der Waals surface area contributed by atoms with Crippen LogP contribution in [0, 0.1) is 0 Å². The number of anilines is 1. The third-order valence-corrected chi connectivity index (χ3v) is 2.93. The molecule has 0 atom stereocenters. The molecule has 1 aliphatic rings. The first-order chi connectivity index (χ1) is 8.33. The molecule has 1 aromatic carbocycles. The van der Waals surface area contributed by atoms with Crippen LogP contribution in [0.5, 0.6) is 0 Å². The molecule has 17 heavy (non-hydrogen) atoms. The molecule has 6 nitrogen and oxygen atoms in total. The van der Waals surface area contributed by atoms with E-state index in [9.17, 15) is 4.79 Å². The zero-order chi connectivity index (χ0) is 11.7. The van der Waals surface area contributed by atoms with Crippen LogP contribution in [-0.4, -0.2) is 26.5 Å². The van der Waals surface area contributed by atoms with Crippen LogP contribution in [0.3, 0.4) is 0 Å². The Bertz CT molecular complexity index is 549. The van der Waals surface area contributed by atoms with Crippen molar-refractivity contribution in [3.63, 3.8) is 0 Å². The number of nitrogens with one attached hydrogen (secondary N) is 2. The number of H-pyrrole nitrogens is 1. The molecular formula is C11H11N5O. The van der Waals surface area contributed by atoms with Crippen LogP contribution >= 0.6 is 0 Å². The van der Waals surface area contributed by atoms with Crippen LogP contribution in [0.15, 0.2) is 18.2 Å². The number of carbonyl (C=O) groups is 1. The van der Waals surface area contributed by atoms with Crippen LogP contribution in [0.2, 0.25) is 0 Å². The van der Waals surface area contributed by atoms with Gasteiger partial charge in [0.15, 0.2) is 0 Å². The number of fused-ring (bicyclic) bond motifs is 1. The number of aromatic amines is 1. The summed E-state index contributed by atoms with van der Waals surface area (Å²) >= 11 is 0. The average molecular weight is 229 g/mol. The Kier molecular flexibility index (Phi) is 2.32. The zero-order valence-corrected chi connectivity index (χ0v) is 9.10. The lowest BCUT2D eigenvalue weighted by atomic mass is 10.1. The number of rotatable bonds is 2. The van der Waals surface area contributed by atoms with Crippen LogP contribution < -0.4 is 5.32 Å². The fourth-order valence-corrected chi connectivity index (χ4v) is 2.10. The van der Waals surface area contributed by atoms with Crippen molar-refractivity contribution < 1.29 is 4.79 Å². The standard InChI is InChI=1S/C11H11N5O/c17-10(12-11-13-15-16-14-11)9-5-4-7-2-1-3-8(7)6-9/h4-6H,1-3H2,(H2,12,13,14,15,16,17).